The zero-order valence-corrected chi connectivity index (χ0v) is 11.6. The van der Waals surface area contributed by atoms with Crippen LogP contribution in [0.15, 0.2) is 0 Å². The van der Waals surface area contributed by atoms with Crippen LogP contribution < -0.4 is 21.7 Å². The Morgan fingerprint density at radius 2 is 1.73 bits per heavy atom. The summed E-state index contributed by atoms with van der Waals surface area (Å²) in [6.07, 6.45) is 0. The highest BCUT2D eigenvalue weighted by atomic mass is 32.1. The molecule has 0 fully saturated rings. The van der Waals surface area contributed by atoms with Gasteiger partial charge in [-0.1, -0.05) is 0 Å². The summed E-state index contributed by atoms with van der Waals surface area (Å²) < 4.78 is 0. The zero-order chi connectivity index (χ0) is 11.9. The molecule has 2 unspecified atom stereocenters. The molecule has 0 radical (unpaired) electrons. The second-order valence-corrected chi connectivity index (χ2v) is 4.80. The highest BCUT2D eigenvalue weighted by Crippen LogP contribution is 2.06. The molecular formula is C9H24N4S2. The van der Waals surface area contributed by atoms with Gasteiger partial charge in [0.1, 0.15) is 0 Å². The molecule has 0 bridgehead atoms. The Hall–Kier alpha value is 0.540. The zero-order valence-electron chi connectivity index (χ0n) is 9.80. The van der Waals surface area contributed by atoms with E-state index in [9.17, 15) is 0 Å². The van der Waals surface area contributed by atoms with E-state index in [1.54, 1.807) is 0 Å². The van der Waals surface area contributed by atoms with Crippen LogP contribution in [-0.4, -0.2) is 49.9 Å². The molecule has 0 aromatic rings. The first kappa shape index (κ1) is 15.5. The quantitative estimate of drug-likeness (QED) is 0.255. The average Bonchev–Trinajstić information content (AvgIpc) is 2.26. The molecule has 0 amide bonds. The van der Waals surface area contributed by atoms with Crippen LogP contribution >= 0.6 is 25.3 Å². The van der Waals surface area contributed by atoms with Gasteiger partial charge < -0.3 is 21.7 Å². The minimum absolute atomic E-state index is 0.0533. The number of hydrogen-bond acceptors (Lipinski definition) is 6. The van der Waals surface area contributed by atoms with Crippen molar-refractivity contribution in [3.63, 3.8) is 0 Å². The van der Waals surface area contributed by atoms with Gasteiger partial charge in [0.25, 0.3) is 0 Å². The molecular weight excluding hydrogens is 228 g/mol. The van der Waals surface area contributed by atoms with E-state index in [2.05, 4.69) is 48.1 Å². The topological polar surface area (TPSA) is 62.1 Å². The first-order valence-corrected chi connectivity index (χ1v) is 6.31. The lowest BCUT2D eigenvalue weighted by Crippen LogP contribution is -2.64. The van der Waals surface area contributed by atoms with Gasteiger partial charge in [-0.15, -0.1) is 0 Å². The van der Waals surface area contributed by atoms with Gasteiger partial charge in [-0.2, -0.15) is 25.3 Å². The van der Waals surface area contributed by atoms with Crippen molar-refractivity contribution in [1.29, 1.82) is 0 Å². The van der Waals surface area contributed by atoms with Crippen molar-refractivity contribution in [2.24, 2.45) is 5.73 Å². The summed E-state index contributed by atoms with van der Waals surface area (Å²) in [6, 6.07) is 0. The minimum Gasteiger partial charge on any atom is -0.318 e. The van der Waals surface area contributed by atoms with Crippen molar-refractivity contribution < 1.29 is 0 Å². The number of rotatable bonds is 8. The van der Waals surface area contributed by atoms with Gasteiger partial charge in [0.05, 0.1) is 5.66 Å². The van der Waals surface area contributed by atoms with E-state index in [4.69, 9.17) is 5.73 Å². The van der Waals surface area contributed by atoms with Crippen LogP contribution in [0.5, 0.6) is 0 Å². The van der Waals surface area contributed by atoms with Gasteiger partial charge in [-0.3, -0.25) is 0 Å². The first-order valence-electron chi connectivity index (χ1n) is 5.04. The molecule has 0 aliphatic rings. The Bertz CT molecular complexity index is 175. The van der Waals surface area contributed by atoms with Crippen molar-refractivity contribution >= 4 is 25.3 Å². The van der Waals surface area contributed by atoms with E-state index in [0.29, 0.717) is 12.3 Å². The molecule has 0 saturated carbocycles. The third kappa shape index (κ3) is 5.42. The molecule has 0 aromatic heterocycles. The van der Waals surface area contributed by atoms with E-state index >= 15 is 0 Å². The summed E-state index contributed by atoms with van der Waals surface area (Å²) in [5.74, 6) is 1.33. The monoisotopic (exact) mass is 252 g/mol. The van der Waals surface area contributed by atoms with Crippen LogP contribution in [0.2, 0.25) is 0 Å². The normalized spacial score (nSPS) is 19.6. The number of hydrogen-bond donors (Lipinski definition) is 6. The highest BCUT2D eigenvalue weighted by molar-refractivity contribution is 7.80. The fraction of sp³-hybridized carbons (Fsp3) is 1.00. The summed E-state index contributed by atoms with van der Waals surface area (Å²) >= 11 is 8.57. The van der Waals surface area contributed by atoms with Gasteiger partial charge in [0.15, 0.2) is 0 Å². The summed E-state index contributed by atoms with van der Waals surface area (Å²) in [5, 5.41) is 9.61. The third-order valence-electron chi connectivity index (χ3n) is 2.53. The number of nitrogens with two attached hydrogens (primary N) is 1. The van der Waals surface area contributed by atoms with Crippen LogP contribution in [0.4, 0.5) is 0 Å². The van der Waals surface area contributed by atoms with Crippen LogP contribution in [0.3, 0.4) is 0 Å². The molecule has 92 valence electrons. The van der Waals surface area contributed by atoms with Crippen molar-refractivity contribution in [3.8, 4) is 0 Å². The molecule has 0 saturated heterocycles. The average molecular weight is 252 g/mol. The number of likely N-dealkylation sites (N-methyl/N-ethyl adjacent to an activating group) is 2. The second-order valence-electron chi connectivity index (χ2n) is 4.17. The maximum absolute atomic E-state index is 6.06. The maximum atomic E-state index is 6.06. The number of nitrogens with one attached hydrogen (secondary N) is 3. The lowest BCUT2D eigenvalue weighted by Gasteiger charge is -2.35. The smallest absolute Gasteiger partial charge is 0.0878 e. The van der Waals surface area contributed by atoms with Crippen LogP contribution in [-0.2, 0) is 0 Å². The maximum Gasteiger partial charge on any atom is 0.0878 e. The van der Waals surface area contributed by atoms with E-state index in [0.717, 1.165) is 12.3 Å². The predicted octanol–water partition coefficient (Wildman–Crippen LogP) is -0.712. The Labute approximate surface area is 104 Å². The molecule has 2 atom stereocenters. The third-order valence-corrected chi connectivity index (χ3v) is 3.79. The molecule has 15 heavy (non-hydrogen) atoms. The highest BCUT2D eigenvalue weighted by Gasteiger charge is 2.27. The fourth-order valence-corrected chi connectivity index (χ4v) is 1.65. The van der Waals surface area contributed by atoms with Gasteiger partial charge in [-0.25, -0.2) is 0 Å². The Kier molecular flexibility index (Phi) is 7.23. The van der Waals surface area contributed by atoms with E-state index < -0.39 is 5.66 Å². The van der Waals surface area contributed by atoms with Crippen molar-refractivity contribution in [3.05, 3.63) is 0 Å². The molecule has 0 heterocycles. The molecule has 0 aliphatic carbocycles. The van der Waals surface area contributed by atoms with Crippen LogP contribution in [0.1, 0.15) is 6.92 Å². The van der Waals surface area contributed by atoms with Gasteiger partial charge in [0, 0.05) is 30.1 Å². The molecule has 0 rings (SSSR count). The Morgan fingerprint density at radius 1 is 1.13 bits per heavy atom. The largest absolute Gasteiger partial charge is 0.318 e. The molecule has 0 spiro atoms. The Morgan fingerprint density at radius 3 is 2.07 bits per heavy atom. The summed E-state index contributed by atoms with van der Waals surface area (Å²) in [6.45, 7) is 3.62. The van der Waals surface area contributed by atoms with E-state index in [1.165, 1.54) is 0 Å². The molecule has 5 N–H and O–H groups in total. The standard InChI is InChI=1S/C9H24N4S2/c1-8(6-14,4-11-2)13-5-9(10,7-15)12-3/h11-15H,4-7,10H2,1-3H3. The number of thiol groups is 2. The second kappa shape index (κ2) is 6.98. The van der Waals surface area contributed by atoms with E-state index in [1.807, 2.05) is 14.1 Å². The van der Waals surface area contributed by atoms with Crippen molar-refractivity contribution in [2.45, 2.75) is 18.1 Å². The van der Waals surface area contributed by atoms with Crippen LogP contribution in [0, 0.1) is 0 Å². The summed E-state index contributed by atoms with van der Waals surface area (Å²) in [4.78, 5) is 0. The van der Waals surface area contributed by atoms with E-state index in [-0.39, 0.29) is 5.54 Å². The summed E-state index contributed by atoms with van der Waals surface area (Å²) in [5.41, 5.74) is 5.53. The van der Waals surface area contributed by atoms with Gasteiger partial charge >= 0.3 is 0 Å². The fourth-order valence-electron chi connectivity index (χ4n) is 1.16. The summed E-state index contributed by atoms with van der Waals surface area (Å²) in [7, 11) is 3.77. The molecule has 0 aromatic carbocycles. The molecule has 6 heteroatoms. The lowest BCUT2D eigenvalue weighted by molar-refractivity contribution is 0.306. The molecule has 0 aliphatic heterocycles. The van der Waals surface area contributed by atoms with Gasteiger partial charge in [0.2, 0.25) is 0 Å². The molecule has 4 nitrogen and oxygen atoms in total. The first-order chi connectivity index (χ1) is 6.95. The predicted molar refractivity (Wildman–Crippen MR) is 74.0 cm³/mol. The van der Waals surface area contributed by atoms with Crippen LogP contribution in [0.25, 0.3) is 0 Å². The SMILES string of the molecule is CNCC(C)(CS)NCC(N)(CS)NC. The van der Waals surface area contributed by atoms with Crippen molar-refractivity contribution in [1.82, 2.24) is 16.0 Å². The lowest BCUT2D eigenvalue weighted by atomic mass is 10.0. The van der Waals surface area contributed by atoms with Gasteiger partial charge in [-0.05, 0) is 21.0 Å². The Balaban J connectivity index is 4.20. The van der Waals surface area contributed by atoms with Crippen molar-refractivity contribution in [2.75, 3.05) is 38.7 Å². The minimum atomic E-state index is -0.471.